The number of benzene rings is 2. The van der Waals surface area contributed by atoms with Crippen molar-refractivity contribution in [3.8, 4) is 0 Å². The highest BCUT2D eigenvalue weighted by Gasteiger charge is 2.36. The molecule has 0 saturated carbocycles. The Hall–Kier alpha value is -4.01. The predicted octanol–water partition coefficient (Wildman–Crippen LogP) is 4.24. The van der Waals surface area contributed by atoms with Crippen molar-refractivity contribution in [2.24, 2.45) is 0 Å². The van der Waals surface area contributed by atoms with Crippen molar-refractivity contribution in [1.82, 2.24) is 25.2 Å². The van der Waals surface area contributed by atoms with Gasteiger partial charge in [0.25, 0.3) is 5.91 Å². The molecule has 1 N–H and O–H groups in total. The molecule has 4 rings (SSSR count). The summed E-state index contributed by atoms with van der Waals surface area (Å²) < 4.78 is 20.7. The van der Waals surface area contributed by atoms with E-state index in [0.717, 1.165) is 0 Å². The van der Waals surface area contributed by atoms with Crippen LogP contribution < -0.4 is 5.32 Å². The van der Waals surface area contributed by atoms with Crippen LogP contribution in [0.2, 0.25) is 0 Å². The molecule has 4 aromatic rings. The molecule has 0 fully saturated rings. The topological polar surface area (TPSA) is 93.3 Å². The van der Waals surface area contributed by atoms with Gasteiger partial charge in [0.1, 0.15) is 23.6 Å². The lowest BCUT2D eigenvalue weighted by atomic mass is 10.0. The Morgan fingerprint density at radius 2 is 1.86 bits per heavy atom. The third kappa shape index (κ3) is 5.56. The SMILES string of the molecule is CCC(C)(C)NC(=O)[C@@H](c1ccco1)N(Cc1ccc(F)cc1)C(=O)Cn1nnc2ccccc21. The predicted molar refractivity (Wildman–Crippen MR) is 128 cm³/mol. The smallest absolute Gasteiger partial charge is 0.251 e. The molecule has 2 aromatic carbocycles. The van der Waals surface area contributed by atoms with Crippen LogP contribution in [0.4, 0.5) is 4.39 Å². The summed E-state index contributed by atoms with van der Waals surface area (Å²) in [6, 6.07) is 15.5. The lowest BCUT2D eigenvalue weighted by Gasteiger charge is -2.33. The van der Waals surface area contributed by atoms with Crippen LogP contribution in [-0.2, 0) is 22.7 Å². The van der Waals surface area contributed by atoms with Gasteiger partial charge in [-0.2, -0.15) is 0 Å². The highest BCUT2D eigenvalue weighted by molar-refractivity contribution is 5.89. The third-order valence-electron chi connectivity index (χ3n) is 6.01. The first-order valence-corrected chi connectivity index (χ1v) is 11.4. The van der Waals surface area contributed by atoms with Crippen LogP contribution in [0.25, 0.3) is 11.0 Å². The van der Waals surface area contributed by atoms with Gasteiger partial charge in [-0.25, -0.2) is 9.07 Å². The van der Waals surface area contributed by atoms with Gasteiger partial charge in [-0.05, 0) is 62.2 Å². The molecule has 9 heteroatoms. The Balaban J connectivity index is 1.72. The number of amides is 2. The second-order valence-corrected chi connectivity index (χ2v) is 9.03. The van der Waals surface area contributed by atoms with Crippen molar-refractivity contribution in [2.45, 2.75) is 51.9 Å². The summed E-state index contributed by atoms with van der Waals surface area (Å²) in [4.78, 5) is 28.7. The summed E-state index contributed by atoms with van der Waals surface area (Å²) in [5.41, 5.74) is 1.54. The number of hydrogen-bond donors (Lipinski definition) is 1. The number of rotatable bonds is 9. The molecule has 0 radical (unpaired) electrons. The van der Waals surface area contributed by atoms with E-state index in [0.29, 0.717) is 28.8 Å². The number of aromatic nitrogens is 3. The summed E-state index contributed by atoms with van der Waals surface area (Å²) >= 11 is 0. The molecule has 2 amide bonds. The number of hydrogen-bond acceptors (Lipinski definition) is 5. The second-order valence-electron chi connectivity index (χ2n) is 9.03. The fraction of sp³-hybridized carbons (Fsp3) is 0.308. The molecular formula is C26H28FN5O3. The number of para-hydroxylation sites is 1. The van der Waals surface area contributed by atoms with Crippen molar-refractivity contribution in [2.75, 3.05) is 0 Å². The molecular weight excluding hydrogens is 449 g/mol. The van der Waals surface area contributed by atoms with Crippen LogP contribution in [0.5, 0.6) is 0 Å². The van der Waals surface area contributed by atoms with Gasteiger partial charge in [0, 0.05) is 12.1 Å². The summed E-state index contributed by atoms with van der Waals surface area (Å²) in [6.45, 7) is 5.73. The van der Waals surface area contributed by atoms with E-state index in [-0.39, 0.29) is 30.7 Å². The van der Waals surface area contributed by atoms with Crippen LogP contribution in [0, 0.1) is 5.82 Å². The van der Waals surface area contributed by atoms with Crippen LogP contribution >= 0.6 is 0 Å². The van der Waals surface area contributed by atoms with Gasteiger partial charge in [-0.3, -0.25) is 9.59 Å². The first-order valence-electron chi connectivity index (χ1n) is 11.4. The summed E-state index contributed by atoms with van der Waals surface area (Å²) in [6.07, 6.45) is 2.16. The van der Waals surface area contributed by atoms with Gasteiger partial charge < -0.3 is 14.6 Å². The lowest BCUT2D eigenvalue weighted by Crippen LogP contribution is -2.50. The monoisotopic (exact) mass is 477 g/mol. The molecule has 0 aliphatic carbocycles. The maximum absolute atomic E-state index is 13.7. The Bertz CT molecular complexity index is 1300. The van der Waals surface area contributed by atoms with Gasteiger partial charge in [-0.15, -0.1) is 5.10 Å². The average Bonchev–Trinajstić information content (AvgIpc) is 3.50. The van der Waals surface area contributed by atoms with E-state index in [9.17, 15) is 14.0 Å². The van der Waals surface area contributed by atoms with Crippen molar-refractivity contribution >= 4 is 22.8 Å². The van der Waals surface area contributed by atoms with Crippen LogP contribution in [0.1, 0.15) is 44.6 Å². The van der Waals surface area contributed by atoms with E-state index < -0.39 is 11.6 Å². The number of furan rings is 1. The van der Waals surface area contributed by atoms with Crippen LogP contribution in [0.15, 0.2) is 71.3 Å². The van der Waals surface area contributed by atoms with E-state index >= 15 is 0 Å². The van der Waals surface area contributed by atoms with Crippen molar-refractivity contribution in [3.05, 3.63) is 84.1 Å². The van der Waals surface area contributed by atoms with Gasteiger partial charge in [-0.1, -0.05) is 36.4 Å². The van der Waals surface area contributed by atoms with E-state index in [4.69, 9.17) is 4.42 Å². The zero-order chi connectivity index (χ0) is 25.0. The van der Waals surface area contributed by atoms with Gasteiger partial charge in [0.2, 0.25) is 5.91 Å². The first-order chi connectivity index (χ1) is 16.8. The molecule has 35 heavy (non-hydrogen) atoms. The number of nitrogens with one attached hydrogen (secondary N) is 1. The fourth-order valence-corrected chi connectivity index (χ4v) is 3.72. The van der Waals surface area contributed by atoms with Gasteiger partial charge in [0.05, 0.1) is 11.8 Å². The molecule has 1 atom stereocenters. The van der Waals surface area contributed by atoms with Crippen LogP contribution in [-0.4, -0.2) is 37.2 Å². The molecule has 0 aliphatic rings. The minimum atomic E-state index is -1.04. The fourth-order valence-electron chi connectivity index (χ4n) is 3.72. The quantitative estimate of drug-likeness (QED) is 0.389. The van der Waals surface area contributed by atoms with Crippen LogP contribution in [0.3, 0.4) is 0 Å². The second kappa shape index (κ2) is 10.1. The summed E-state index contributed by atoms with van der Waals surface area (Å²) in [5, 5.41) is 11.3. The Kier molecular flexibility index (Phi) is 6.95. The molecule has 0 saturated heterocycles. The number of carbonyl (C=O) groups is 2. The summed E-state index contributed by atoms with van der Waals surface area (Å²) in [5.74, 6) is -0.791. The molecule has 2 aromatic heterocycles. The Morgan fingerprint density at radius 1 is 1.11 bits per heavy atom. The van der Waals surface area contributed by atoms with E-state index in [1.807, 2.05) is 45.0 Å². The molecule has 0 unspecified atom stereocenters. The van der Waals surface area contributed by atoms with Crippen molar-refractivity contribution in [3.63, 3.8) is 0 Å². The Morgan fingerprint density at radius 3 is 2.54 bits per heavy atom. The number of fused-ring (bicyclic) bond motifs is 1. The Labute approximate surface area is 202 Å². The molecule has 0 aliphatic heterocycles. The number of nitrogens with zero attached hydrogens (tertiary/aromatic N) is 4. The lowest BCUT2D eigenvalue weighted by molar-refractivity contribution is -0.143. The highest BCUT2D eigenvalue weighted by Crippen LogP contribution is 2.26. The van der Waals surface area contributed by atoms with Gasteiger partial charge >= 0.3 is 0 Å². The maximum Gasteiger partial charge on any atom is 0.251 e. The van der Waals surface area contributed by atoms with E-state index in [1.54, 1.807) is 24.3 Å². The molecule has 182 valence electrons. The zero-order valence-electron chi connectivity index (χ0n) is 19.9. The minimum absolute atomic E-state index is 0.0666. The highest BCUT2D eigenvalue weighted by atomic mass is 19.1. The van der Waals surface area contributed by atoms with E-state index in [2.05, 4.69) is 15.6 Å². The normalized spacial score (nSPS) is 12.5. The third-order valence-corrected chi connectivity index (χ3v) is 6.01. The largest absolute Gasteiger partial charge is 0.467 e. The van der Waals surface area contributed by atoms with Crippen molar-refractivity contribution < 1.29 is 18.4 Å². The molecule has 8 nitrogen and oxygen atoms in total. The average molecular weight is 478 g/mol. The molecule has 0 bridgehead atoms. The number of halogens is 1. The zero-order valence-corrected chi connectivity index (χ0v) is 19.9. The molecule has 0 spiro atoms. The van der Waals surface area contributed by atoms with Gasteiger partial charge in [0.15, 0.2) is 6.04 Å². The maximum atomic E-state index is 13.7. The minimum Gasteiger partial charge on any atom is -0.467 e. The molecule has 2 heterocycles. The van der Waals surface area contributed by atoms with Crippen molar-refractivity contribution in [1.29, 1.82) is 0 Å². The summed E-state index contributed by atoms with van der Waals surface area (Å²) in [7, 11) is 0. The number of carbonyl (C=O) groups excluding carboxylic acids is 2. The van der Waals surface area contributed by atoms with E-state index in [1.165, 1.54) is 28.0 Å². The first kappa shape index (κ1) is 24.1. The standard InChI is InChI=1S/C26H28FN5O3/c1-4-26(2,3)28-25(34)24(22-10-7-15-35-22)31(16-18-11-13-19(27)14-12-18)23(33)17-32-21-9-6-5-8-20(21)29-30-32/h5-15,24H,4,16-17H2,1-3H3,(H,28,34)/t24-/m1/s1.